The predicted octanol–water partition coefficient (Wildman–Crippen LogP) is 2.91. The second-order valence-electron chi connectivity index (χ2n) is 7.32. The van der Waals surface area contributed by atoms with Crippen molar-refractivity contribution in [3.63, 3.8) is 0 Å². The quantitative estimate of drug-likeness (QED) is 0.335. The predicted molar refractivity (Wildman–Crippen MR) is 117 cm³/mol. The zero-order valence-electron chi connectivity index (χ0n) is 18.1. The van der Waals surface area contributed by atoms with Crippen molar-refractivity contribution in [2.24, 2.45) is 0 Å². The lowest BCUT2D eigenvalue weighted by Crippen LogP contribution is -2.23. The van der Waals surface area contributed by atoms with Crippen molar-refractivity contribution >= 4 is 27.3 Å². The van der Waals surface area contributed by atoms with E-state index in [0.717, 1.165) is 5.39 Å². The molecule has 9 nitrogen and oxygen atoms in total. The van der Waals surface area contributed by atoms with Crippen LogP contribution in [0.25, 0.3) is 27.3 Å². The van der Waals surface area contributed by atoms with E-state index >= 15 is 0 Å². The molecule has 5 rings (SSSR count). The van der Waals surface area contributed by atoms with Crippen molar-refractivity contribution in [2.75, 3.05) is 35.2 Å². The Hall–Kier alpha value is -3.56. The average molecular weight is 438 g/mol. The first-order chi connectivity index (χ1) is 15.6. The summed E-state index contributed by atoms with van der Waals surface area (Å²) in [6.07, 6.45) is 1.33. The van der Waals surface area contributed by atoms with Gasteiger partial charge in [-0.1, -0.05) is 0 Å². The van der Waals surface area contributed by atoms with Crippen LogP contribution in [0.4, 0.5) is 0 Å². The summed E-state index contributed by atoms with van der Waals surface area (Å²) >= 11 is 0. The van der Waals surface area contributed by atoms with Crippen molar-refractivity contribution in [1.29, 1.82) is 0 Å². The third kappa shape index (κ3) is 3.01. The highest BCUT2D eigenvalue weighted by Gasteiger charge is 2.23. The molecule has 0 atom stereocenters. The van der Waals surface area contributed by atoms with Gasteiger partial charge in [0.2, 0.25) is 6.79 Å². The zero-order chi connectivity index (χ0) is 22.4. The van der Waals surface area contributed by atoms with Gasteiger partial charge in [0.25, 0.3) is 0 Å². The van der Waals surface area contributed by atoms with Gasteiger partial charge in [-0.05, 0) is 12.1 Å². The minimum absolute atomic E-state index is 0.145. The van der Waals surface area contributed by atoms with E-state index in [4.69, 9.17) is 28.4 Å². The number of nitrogens with zero attached hydrogens (tertiary/aromatic N) is 2. The molecule has 0 saturated heterocycles. The van der Waals surface area contributed by atoms with Crippen LogP contribution < -0.4 is 24.4 Å². The Morgan fingerprint density at radius 1 is 0.969 bits per heavy atom. The summed E-state index contributed by atoms with van der Waals surface area (Å²) in [7, 11) is 6.17. The molecule has 0 spiro atoms. The molecule has 166 valence electrons. The van der Waals surface area contributed by atoms with E-state index in [1.807, 2.05) is 16.5 Å². The lowest BCUT2D eigenvalue weighted by atomic mass is 10.0. The number of benzene rings is 2. The van der Waals surface area contributed by atoms with Crippen molar-refractivity contribution < 1.29 is 28.4 Å². The maximum Gasteiger partial charge on any atom is 0.231 e. The maximum atomic E-state index is 13.8. The van der Waals surface area contributed by atoms with Gasteiger partial charge in [0.1, 0.15) is 6.33 Å². The van der Waals surface area contributed by atoms with Crippen LogP contribution >= 0.6 is 0 Å². The van der Waals surface area contributed by atoms with Gasteiger partial charge in [-0.15, -0.1) is 0 Å². The second-order valence-corrected chi connectivity index (χ2v) is 7.32. The van der Waals surface area contributed by atoms with Gasteiger partial charge in [0, 0.05) is 43.7 Å². The summed E-state index contributed by atoms with van der Waals surface area (Å²) in [6.45, 7) is 0.145. The van der Waals surface area contributed by atoms with Gasteiger partial charge in [-0.3, -0.25) is 9.20 Å². The number of pyridine rings is 1. The Morgan fingerprint density at radius 2 is 1.66 bits per heavy atom. The highest BCUT2D eigenvalue weighted by atomic mass is 16.7. The summed E-state index contributed by atoms with van der Waals surface area (Å²) in [5, 5.41) is 1.23. The van der Waals surface area contributed by atoms with Crippen molar-refractivity contribution in [3.8, 4) is 23.0 Å². The summed E-state index contributed by atoms with van der Waals surface area (Å²) in [5.74, 6) is 2.21. The van der Waals surface area contributed by atoms with Crippen LogP contribution in [0.2, 0.25) is 0 Å². The molecule has 4 aromatic rings. The summed E-state index contributed by atoms with van der Waals surface area (Å²) < 4.78 is 34.7. The number of fused-ring (bicyclic) bond motifs is 6. The number of hydrogen-bond acceptors (Lipinski definition) is 8. The monoisotopic (exact) mass is 438 g/mol. The van der Waals surface area contributed by atoms with E-state index in [2.05, 4.69) is 4.98 Å². The van der Waals surface area contributed by atoms with Crippen molar-refractivity contribution in [3.05, 3.63) is 46.4 Å². The molecule has 3 heterocycles. The molecular formula is C23H22N2O7. The molecule has 32 heavy (non-hydrogen) atoms. The van der Waals surface area contributed by atoms with Gasteiger partial charge in [-0.25, -0.2) is 4.98 Å². The SMILES string of the molecule is COc1cc2c(=O)c(CC(OC)OC)c3c4cc5c(cc4ncn3c2cc1OC)OCO5. The molecule has 0 aliphatic carbocycles. The highest BCUT2D eigenvalue weighted by Crippen LogP contribution is 2.38. The minimum atomic E-state index is -0.596. The highest BCUT2D eigenvalue weighted by molar-refractivity contribution is 6.00. The molecule has 9 heteroatoms. The van der Waals surface area contributed by atoms with E-state index in [1.54, 1.807) is 39.8 Å². The summed E-state index contributed by atoms with van der Waals surface area (Å²) in [6, 6.07) is 7.13. The first kappa shape index (κ1) is 20.3. The molecule has 0 unspecified atom stereocenters. The smallest absolute Gasteiger partial charge is 0.231 e. The Labute approximate surface area is 183 Å². The van der Waals surface area contributed by atoms with Crippen LogP contribution in [0, 0.1) is 0 Å². The molecule has 1 aliphatic rings. The van der Waals surface area contributed by atoms with Crippen molar-refractivity contribution in [1.82, 2.24) is 9.38 Å². The van der Waals surface area contributed by atoms with E-state index in [0.29, 0.717) is 50.5 Å². The topological polar surface area (TPSA) is 89.8 Å². The molecule has 0 bridgehead atoms. The fraction of sp³-hybridized carbons (Fsp3) is 0.304. The number of aromatic nitrogens is 2. The molecular weight excluding hydrogens is 416 g/mol. The second kappa shape index (κ2) is 7.85. The normalized spacial score (nSPS) is 12.9. The zero-order valence-corrected chi connectivity index (χ0v) is 18.1. The van der Waals surface area contributed by atoms with Gasteiger partial charge in [0.05, 0.1) is 36.2 Å². The third-order valence-corrected chi connectivity index (χ3v) is 5.76. The Morgan fingerprint density at radius 3 is 2.34 bits per heavy atom. The molecule has 0 radical (unpaired) electrons. The number of ether oxygens (including phenoxy) is 6. The fourth-order valence-electron chi connectivity index (χ4n) is 4.16. The summed E-state index contributed by atoms with van der Waals surface area (Å²) in [4.78, 5) is 18.4. The molecule has 0 saturated carbocycles. The van der Waals surface area contributed by atoms with Crippen LogP contribution in [-0.4, -0.2) is 50.9 Å². The number of methoxy groups -OCH3 is 4. The molecule has 0 N–H and O–H groups in total. The molecule has 0 amide bonds. The van der Waals surface area contributed by atoms with Crippen LogP contribution in [0.1, 0.15) is 5.56 Å². The van der Waals surface area contributed by atoms with Crippen molar-refractivity contribution in [2.45, 2.75) is 12.7 Å². The van der Waals surface area contributed by atoms with Gasteiger partial charge >= 0.3 is 0 Å². The standard InChI is InChI=1S/C23H22N2O7/c1-27-17-6-13-16(9-18(17)28-2)25-10-24-15-8-20-19(31-11-32-20)5-12(15)22(25)14(23(13)26)7-21(29-3)30-4/h5-6,8-10,21H,7,11H2,1-4H3. The molecule has 0 fully saturated rings. The van der Waals surface area contributed by atoms with Gasteiger partial charge < -0.3 is 28.4 Å². The fourth-order valence-corrected chi connectivity index (χ4v) is 4.16. The third-order valence-electron chi connectivity index (χ3n) is 5.76. The van der Waals surface area contributed by atoms with Crippen LogP contribution in [0.3, 0.4) is 0 Å². The van der Waals surface area contributed by atoms with Crippen LogP contribution in [0.15, 0.2) is 35.4 Å². The number of hydrogen-bond donors (Lipinski definition) is 0. The average Bonchev–Trinajstić information content (AvgIpc) is 3.29. The lowest BCUT2D eigenvalue weighted by molar-refractivity contribution is -0.100. The Bertz CT molecular complexity index is 1410. The summed E-state index contributed by atoms with van der Waals surface area (Å²) in [5.41, 5.74) is 2.40. The van der Waals surface area contributed by atoms with Gasteiger partial charge in [-0.2, -0.15) is 0 Å². The molecule has 1 aliphatic heterocycles. The van der Waals surface area contributed by atoms with Crippen LogP contribution in [-0.2, 0) is 15.9 Å². The maximum absolute atomic E-state index is 13.8. The Balaban J connectivity index is 1.95. The van der Waals surface area contributed by atoms with E-state index in [1.165, 1.54) is 7.11 Å². The van der Waals surface area contributed by atoms with E-state index in [-0.39, 0.29) is 18.6 Å². The Kier molecular flexibility index (Phi) is 4.99. The first-order valence-corrected chi connectivity index (χ1v) is 9.96. The first-order valence-electron chi connectivity index (χ1n) is 9.96. The molecule has 2 aromatic heterocycles. The minimum Gasteiger partial charge on any atom is -0.493 e. The lowest BCUT2D eigenvalue weighted by Gasteiger charge is -2.18. The molecule has 2 aromatic carbocycles. The van der Waals surface area contributed by atoms with E-state index < -0.39 is 6.29 Å². The van der Waals surface area contributed by atoms with Gasteiger partial charge in [0.15, 0.2) is 34.7 Å². The number of rotatable bonds is 6. The van der Waals surface area contributed by atoms with Crippen LogP contribution in [0.5, 0.6) is 23.0 Å². The van der Waals surface area contributed by atoms with E-state index in [9.17, 15) is 4.79 Å². The largest absolute Gasteiger partial charge is 0.493 e.